The standard InChI is InChI=1S/C25H23ClN4O2/c1-25(10-11-25)9-6-16-15-27-12-7-17(16)22-14-18-21(8-13-28-24(18)31)30(22)29-20-5-3-4-19(26)23(20)32-2/h3-5,7,12,14-15,29H,8,10-11,13H2,1-2H3,(H,28,31). The van der Waals surface area contributed by atoms with Crippen molar-refractivity contribution in [1.82, 2.24) is 15.0 Å². The number of amides is 1. The number of halogens is 1. The SMILES string of the molecule is COc1c(Cl)cccc1Nn1c(-c2ccncc2C#CC2(C)CC2)cc2c1CCNC2=O. The molecule has 2 aliphatic rings. The van der Waals surface area contributed by atoms with Gasteiger partial charge in [0.2, 0.25) is 0 Å². The average molecular weight is 447 g/mol. The Morgan fingerprint density at radius 3 is 2.91 bits per heavy atom. The third kappa shape index (κ3) is 3.69. The molecule has 0 spiro atoms. The predicted octanol–water partition coefficient (Wildman–Crippen LogP) is 4.52. The van der Waals surface area contributed by atoms with E-state index in [9.17, 15) is 4.79 Å². The number of nitrogens with zero attached hydrogens (tertiary/aromatic N) is 2. The van der Waals surface area contributed by atoms with Crippen LogP contribution in [-0.2, 0) is 6.42 Å². The van der Waals surface area contributed by atoms with E-state index in [1.165, 1.54) is 0 Å². The van der Waals surface area contributed by atoms with Crippen LogP contribution in [0.3, 0.4) is 0 Å². The second-order valence-corrected chi connectivity index (χ2v) is 8.80. The fourth-order valence-corrected chi connectivity index (χ4v) is 4.13. The first kappa shape index (κ1) is 20.5. The van der Waals surface area contributed by atoms with Crippen LogP contribution < -0.4 is 15.5 Å². The third-order valence-electron chi connectivity index (χ3n) is 5.99. The Morgan fingerprint density at radius 2 is 2.12 bits per heavy atom. The quantitative estimate of drug-likeness (QED) is 0.578. The van der Waals surface area contributed by atoms with E-state index in [4.69, 9.17) is 16.3 Å². The molecule has 32 heavy (non-hydrogen) atoms. The molecule has 6 nitrogen and oxygen atoms in total. The molecule has 0 bridgehead atoms. The molecular weight excluding hydrogens is 424 g/mol. The van der Waals surface area contributed by atoms with Crippen LogP contribution in [-0.4, -0.2) is 29.2 Å². The number of para-hydroxylation sites is 1. The number of carbonyl (C=O) groups is 1. The minimum Gasteiger partial charge on any atom is -0.493 e. The highest BCUT2D eigenvalue weighted by Gasteiger charge is 2.35. The van der Waals surface area contributed by atoms with E-state index < -0.39 is 0 Å². The number of carbonyl (C=O) groups excluding carboxylic acids is 1. The number of anilines is 1. The van der Waals surface area contributed by atoms with E-state index in [1.807, 2.05) is 28.9 Å². The van der Waals surface area contributed by atoms with Crippen molar-refractivity contribution in [3.63, 3.8) is 0 Å². The van der Waals surface area contributed by atoms with Crippen LogP contribution in [0.25, 0.3) is 11.3 Å². The van der Waals surface area contributed by atoms with Crippen LogP contribution in [0, 0.1) is 17.3 Å². The van der Waals surface area contributed by atoms with E-state index >= 15 is 0 Å². The summed E-state index contributed by atoms with van der Waals surface area (Å²) in [5.41, 5.74) is 8.35. The zero-order valence-electron chi connectivity index (χ0n) is 18.0. The van der Waals surface area contributed by atoms with E-state index in [1.54, 1.807) is 25.6 Å². The third-order valence-corrected chi connectivity index (χ3v) is 6.29. The summed E-state index contributed by atoms with van der Waals surface area (Å²) in [6, 6.07) is 9.37. The number of pyridine rings is 1. The lowest BCUT2D eigenvalue weighted by molar-refractivity contribution is 0.0945. The molecule has 7 heteroatoms. The highest BCUT2D eigenvalue weighted by molar-refractivity contribution is 6.32. The first-order valence-corrected chi connectivity index (χ1v) is 11.0. The van der Waals surface area contributed by atoms with Gasteiger partial charge in [-0.2, -0.15) is 0 Å². The summed E-state index contributed by atoms with van der Waals surface area (Å²) in [6.07, 6.45) is 6.47. The van der Waals surface area contributed by atoms with Crippen molar-refractivity contribution in [2.24, 2.45) is 5.41 Å². The summed E-state index contributed by atoms with van der Waals surface area (Å²) in [5, 5.41) is 3.43. The maximum atomic E-state index is 12.6. The Bertz CT molecular complexity index is 1280. The molecule has 1 amide bonds. The lowest BCUT2D eigenvalue weighted by atomic mass is 10.0. The first-order valence-electron chi connectivity index (χ1n) is 10.6. The largest absolute Gasteiger partial charge is 0.493 e. The fourth-order valence-electron chi connectivity index (χ4n) is 3.88. The highest BCUT2D eigenvalue weighted by atomic mass is 35.5. The van der Waals surface area contributed by atoms with Gasteiger partial charge in [-0.05, 0) is 44.0 Å². The Morgan fingerprint density at radius 1 is 1.28 bits per heavy atom. The smallest absolute Gasteiger partial charge is 0.253 e. The van der Waals surface area contributed by atoms with Gasteiger partial charge in [-0.25, -0.2) is 0 Å². The molecule has 3 heterocycles. The lowest BCUT2D eigenvalue weighted by Crippen LogP contribution is -2.33. The number of ether oxygens (including phenoxy) is 1. The van der Waals surface area contributed by atoms with Gasteiger partial charge in [-0.1, -0.05) is 29.5 Å². The van der Waals surface area contributed by atoms with Crippen molar-refractivity contribution < 1.29 is 9.53 Å². The van der Waals surface area contributed by atoms with Gasteiger partial charge in [0, 0.05) is 36.3 Å². The van der Waals surface area contributed by atoms with E-state index in [0.717, 1.165) is 35.4 Å². The van der Waals surface area contributed by atoms with Gasteiger partial charge in [-0.15, -0.1) is 0 Å². The summed E-state index contributed by atoms with van der Waals surface area (Å²) in [7, 11) is 1.58. The van der Waals surface area contributed by atoms with Gasteiger partial charge in [0.05, 0.1) is 40.3 Å². The van der Waals surface area contributed by atoms with Crippen molar-refractivity contribution in [3.8, 4) is 28.8 Å². The maximum absolute atomic E-state index is 12.6. The molecule has 2 aromatic heterocycles. The summed E-state index contributed by atoms with van der Waals surface area (Å²) >= 11 is 6.34. The average Bonchev–Trinajstić information content (AvgIpc) is 3.42. The molecule has 0 unspecified atom stereocenters. The first-order chi connectivity index (χ1) is 15.5. The number of hydrogen-bond acceptors (Lipinski definition) is 4. The van der Waals surface area contributed by atoms with Crippen molar-refractivity contribution in [2.75, 3.05) is 19.1 Å². The summed E-state index contributed by atoms with van der Waals surface area (Å²) < 4.78 is 7.47. The van der Waals surface area contributed by atoms with Gasteiger partial charge >= 0.3 is 0 Å². The molecule has 1 fully saturated rings. The minimum atomic E-state index is -0.0849. The molecule has 1 aliphatic heterocycles. The number of nitrogens with one attached hydrogen (secondary N) is 2. The summed E-state index contributed by atoms with van der Waals surface area (Å²) in [6.45, 7) is 2.75. The Balaban J connectivity index is 1.67. The van der Waals surface area contributed by atoms with Crippen LogP contribution in [0.15, 0.2) is 42.7 Å². The van der Waals surface area contributed by atoms with Gasteiger partial charge in [0.15, 0.2) is 5.75 Å². The van der Waals surface area contributed by atoms with Gasteiger partial charge < -0.3 is 10.1 Å². The van der Waals surface area contributed by atoms with Crippen molar-refractivity contribution in [2.45, 2.75) is 26.2 Å². The summed E-state index contributed by atoms with van der Waals surface area (Å²) in [4.78, 5) is 16.9. The van der Waals surface area contributed by atoms with Gasteiger partial charge in [0.1, 0.15) is 0 Å². The highest BCUT2D eigenvalue weighted by Crippen LogP contribution is 2.44. The van der Waals surface area contributed by atoms with Crippen LogP contribution in [0.2, 0.25) is 5.02 Å². The predicted molar refractivity (Wildman–Crippen MR) is 125 cm³/mol. The molecule has 1 saturated carbocycles. The number of benzene rings is 1. The zero-order valence-corrected chi connectivity index (χ0v) is 18.7. The van der Waals surface area contributed by atoms with Crippen molar-refractivity contribution in [1.29, 1.82) is 0 Å². The molecule has 0 radical (unpaired) electrons. The molecule has 0 saturated heterocycles. The van der Waals surface area contributed by atoms with Crippen molar-refractivity contribution >= 4 is 23.2 Å². The monoisotopic (exact) mass is 446 g/mol. The molecule has 1 aliphatic carbocycles. The molecular formula is C25H23ClN4O2. The normalized spacial score (nSPS) is 15.8. The van der Waals surface area contributed by atoms with Gasteiger partial charge in [0.25, 0.3) is 5.91 Å². The second-order valence-electron chi connectivity index (χ2n) is 8.40. The molecule has 162 valence electrons. The maximum Gasteiger partial charge on any atom is 0.253 e. The Hall–Kier alpha value is -3.43. The number of methoxy groups -OCH3 is 1. The second kappa shape index (κ2) is 7.92. The number of rotatable bonds is 4. The molecule has 5 rings (SSSR count). The number of aromatic nitrogens is 2. The van der Waals surface area contributed by atoms with E-state index in [0.29, 0.717) is 35.0 Å². The molecule has 1 aromatic carbocycles. The Kier molecular flexibility index (Phi) is 5.07. The zero-order chi connectivity index (χ0) is 22.3. The number of fused-ring (bicyclic) bond motifs is 1. The van der Waals surface area contributed by atoms with Crippen molar-refractivity contribution in [3.05, 3.63) is 64.6 Å². The molecule has 0 atom stereocenters. The van der Waals surface area contributed by atoms with E-state index in [2.05, 4.69) is 34.5 Å². The van der Waals surface area contributed by atoms with Crippen LogP contribution >= 0.6 is 11.6 Å². The molecule has 2 N–H and O–H groups in total. The Labute approximate surface area is 191 Å². The van der Waals surface area contributed by atoms with Gasteiger partial charge in [-0.3, -0.25) is 19.9 Å². The minimum absolute atomic E-state index is 0.0849. The molecule has 3 aromatic rings. The van der Waals surface area contributed by atoms with Crippen LogP contribution in [0.4, 0.5) is 5.69 Å². The summed E-state index contributed by atoms with van der Waals surface area (Å²) in [5.74, 6) is 7.17. The number of hydrogen-bond donors (Lipinski definition) is 2. The van der Waals surface area contributed by atoms with Crippen LogP contribution in [0.1, 0.15) is 41.4 Å². The lowest BCUT2D eigenvalue weighted by Gasteiger charge is -2.21. The fraction of sp³-hybridized carbons (Fsp3) is 0.280. The van der Waals surface area contributed by atoms with E-state index in [-0.39, 0.29) is 11.3 Å². The van der Waals surface area contributed by atoms with Crippen LogP contribution in [0.5, 0.6) is 5.75 Å². The topological polar surface area (TPSA) is 68.2 Å².